The molecule has 0 spiro atoms. The van der Waals surface area contributed by atoms with Gasteiger partial charge in [0, 0.05) is 19.5 Å². The van der Waals surface area contributed by atoms with Gasteiger partial charge in [0.05, 0.1) is 0 Å². The first kappa shape index (κ1) is 11.8. The van der Waals surface area contributed by atoms with Gasteiger partial charge in [0.15, 0.2) is 0 Å². The van der Waals surface area contributed by atoms with Crippen molar-refractivity contribution >= 4 is 6.41 Å². The van der Waals surface area contributed by atoms with Crippen LogP contribution in [0, 0.1) is 5.92 Å². The minimum atomic E-state index is 0.418. The smallest absolute Gasteiger partial charge is 0.209 e. The number of carbonyl (C=O) groups excluding carboxylic acids is 1. The largest absolute Gasteiger partial charge is 0.348 e. The first-order valence-corrected chi connectivity index (χ1v) is 5.35. The second-order valence-corrected chi connectivity index (χ2v) is 4.31. The summed E-state index contributed by atoms with van der Waals surface area (Å²) in [4.78, 5) is 12.3. The van der Waals surface area contributed by atoms with Gasteiger partial charge in [-0.05, 0) is 11.5 Å². The molecule has 0 N–H and O–H groups in total. The standard InChI is InChI=1S/C13H19NO/c1-11(2)13(9-14(3)10-15)12-7-5-4-6-8-12/h4-8,10-11,13H,9H2,1-3H3/t13-/m1/s1. The van der Waals surface area contributed by atoms with E-state index in [2.05, 4.69) is 26.0 Å². The molecule has 0 radical (unpaired) electrons. The van der Waals surface area contributed by atoms with Gasteiger partial charge in [-0.3, -0.25) is 4.79 Å². The van der Waals surface area contributed by atoms with Gasteiger partial charge in [-0.1, -0.05) is 44.2 Å². The summed E-state index contributed by atoms with van der Waals surface area (Å²) in [7, 11) is 1.82. The van der Waals surface area contributed by atoms with E-state index in [0.29, 0.717) is 11.8 Å². The van der Waals surface area contributed by atoms with Crippen LogP contribution < -0.4 is 0 Å². The highest BCUT2D eigenvalue weighted by Gasteiger charge is 2.16. The minimum absolute atomic E-state index is 0.418. The summed E-state index contributed by atoms with van der Waals surface area (Å²) in [5.41, 5.74) is 1.31. The highest BCUT2D eigenvalue weighted by Crippen LogP contribution is 2.24. The van der Waals surface area contributed by atoms with Crippen molar-refractivity contribution in [2.24, 2.45) is 5.92 Å². The van der Waals surface area contributed by atoms with Crippen LogP contribution in [0.3, 0.4) is 0 Å². The van der Waals surface area contributed by atoms with Gasteiger partial charge in [0.25, 0.3) is 0 Å². The summed E-state index contributed by atoms with van der Waals surface area (Å²) >= 11 is 0. The van der Waals surface area contributed by atoms with Crippen molar-refractivity contribution in [3.8, 4) is 0 Å². The monoisotopic (exact) mass is 205 g/mol. The number of hydrogen-bond donors (Lipinski definition) is 0. The third-order valence-corrected chi connectivity index (χ3v) is 2.70. The third kappa shape index (κ3) is 3.39. The zero-order valence-corrected chi connectivity index (χ0v) is 9.68. The van der Waals surface area contributed by atoms with E-state index < -0.39 is 0 Å². The Hall–Kier alpha value is -1.31. The number of amides is 1. The van der Waals surface area contributed by atoms with Crippen LogP contribution in [0.25, 0.3) is 0 Å². The molecule has 1 rings (SSSR count). The molecule has 0 aliphatic rings. The highest BCUT2D eigenvalue weighted by molar-refractivity contribution is 5.46. The maximum Gasteiger partial charge on any atom is 0.209 e. The van der Waals surface area contributed by atoms with Crippen LogP contribution in [-0.2, 0) is 4.79 Å². The zero-order valence-electron chi connectivity index (χ0n) is 9.68. The predicted molar refractivity (Wildman–Crippen MR) is 62.7 cm³/mol. The summed E-state index contributed by atoms with van der Waals surface area (Å²) in [6.45, 7) is 5.16. The molecule has 15 heavy (non-hydrogen) atoms. The average molecular weight is 205 g/mol. The van der Waals surface area contributed by atoms with Crippen molar-refractivity contribution in [3.05, 3.63) is 35.9 Å². The Morgan fingerprint density at radius 3 is 2.33 bits per heavy atom. The second kappa shape index (κ2) is 5.54. The van der Waals surface area contributed by atoms with Crippen molar-refractivity contribution in [1.29, 1.82) is 0 Å². The number of benzene rings is 1. The Morgan fingerprint density at radius 1 is 1.27 bits per heavy atom. The van der Waals surface area contributed by atoms with Crippen molar-refractivity contribution in [1.82, 2.24) is 4.90 Å². The SMILES string of the molecule is CC(C)[C@@H](CN(C)C=O)c1ccccc1. The normalized spacial score (nSPS) is 12.5. The fourth-order valence-corrected chi connectivity index (χ4v) is 1.75. The molecule has 0 aliphatic heterocycles. The molecule has 1 aromatic carbocycles. The van der Waals surface area contributed by atoms with Gasteiger partial charge in [-0.15, -0.1) is 0 Å². The molecule has 0 bridgehead atoms. The van der Waals surface area contributed by atoms with Crippen LogP contribution in [0.2, 0.25) is 0 Å². The minimum Gasteiger partial charge on any atom is -0.348 e. The number of rotatable bonds is 5. The third-order valence-electron chi connectivity index (χ3n) is 2.70. The molecule has 1 amide bonds. The average Bonchev–Trinajstić information content (AvgIpc) is 2.26. The van der Waals surface area contributed by atoms with Gasteiger partial charge in [0.2, 0.25) is 6.41 Å². The molecule has 2 heteroatoms. The lowest BCUT2D eigenvalue weighted by molar-refractivity contribution is -0.117. The molecule has 1 aromatic rings. The summed E-state index contributed by atoms with van der Waals surface area (Å²) in [5, 5.41) is 0. The van der Waals surface area contributed by atoms with E-state index in [0.717, 1.165) is 13.0 Å². The maximum absolute atomic E-state index is 10.6. The van der Waals surface area contributed by atoms with Gasteiger partial charge in [0.1, 0.15) is 0 Å². The number of nitrogens with zero attached hydrogens (tertiary/aromatic N) is 1. The van der Waals surface area contributed by atoms with Crippen molar-refractivity contribution < 1.29 is 4.79 Å². The van der Waals surface area contributed by atoms with Gasteiger partial charge in [-0.2, -0.15) is 0 Å². The number of carbonyl (C=O) groups is 1. The number of hydrogen-bond acceptors (Lipinski definition) is 1. The molecular weight excluding hydrogens is 186 g/mol. The highest BCUT2D eigenvalue weighted by atomic mass is 16.1. The van der Waals surface area contributed by atoms with E-state index in [1.165, 1.54) is 5.56 Å². The fourth-order valence-electron chi connectivity index (χ4n) is 1.75. The molecule has 0 heterocycles. The topological polar surface area (TPSA) is 20.3 Å². The Kier molecular flexibility index (Phi) is 4.35. The lowest BCUT2D eigenvalue weighted by Gasteiger charge is -2.24. The summed E-state index contributed by atoms with van der Waals surface area (Å²) in [6.07, 6.45) is 0.887. The molecule has 0 unspecified atom stereocenters. The zero-order chi connectivity index (χ0) is 11.3. The Morgan fingerprint density at radius 2 is 1.87 bits per heavy atom. The van der Waals surface area contributed by atoms with E-state index >= 15 is 0 Å². The maximum atomic E-state index is 10.6. The Labute approximate surface area is 91.9 Å². The van der Waals surface area contributed by atoms with E-state index in [4.69, 9.17) is 0 Å². The molecule has 0 aliphatic carbocycles. The second-order valence-electron chi connectivity index (χ2n) is 4.31. The molecular formula is C13H19NO. The van der Waals surface area contributed by atoms with E-state index in [-0.39, 0.29) is 0 Å². The van der Waals surface area contributed by atoms with Gasteiger partial charge < -0.3 is 4.90 Å². The van der Waals surface area contributed by atoms with Crippen LogP contribution in [0.1, 0.15) is 25.3 Å². The van der Waals surface area contributed by atoms with E-state index in [1.807, 2.05) is 25.2 Å². The molecule has 82 valence electrons. The lowest BCUT2D eigenvalue weighted by atomic mass is 9.88. The van der Waals surface area contributed by atoms with Crippen LogP contribution in [-0.4, -0.2) is 24.9 Å². The summed E-state index contributed by atoms with van der Waals surface area (Å²) in [5.74, 6) is 0.955. The summed E-state index contributed by atoms with van der Waals surface area (Å²) in [6, 6.07) is 10.4. The first-order valence-electron chi connectivity index (χ1n) is 5.35. The Bertz CT molecular complexity index is 295. The van der Waals surface area contributed by atoms with Crippen molar-refractivity contribution in [2.45, 2.75) is 19.8 Å². The first-order chi connectivity index (χ1) is 7.15. The van der Waals surface area contributed by atoms with E-state index in [9.17, 15) is 4.79 Å². The lowest BCUT2D eigenvalue weighted by Crippen LogP contribution is -2.25. The molecule has 2 nitrogen and oxygen atoms in total. The molecule has 0 saturated heterocycles. The van der Waals surface area contributed by atoms with Crippen molar-refractivity contribution in [3.63, 3.8) is 0 Å². The summed E-state index contributed by atoms with van der Waals surface area (Å²) < 4.78 is 0. The molecule has 0 saturated carbocycles. The molecule has 0 fully saturated rings. The van der Waals surface area contributed by atoms with Crippen LogP contribution in [0.15, 0.2) is 30.3 Å². The van der Waals surface area contributed by atoms with Crippen LogP contribution >= 0.6 is 0 Å². The quantitative estimate of drug-likeness (QED) is 0.676. The number of likely N-dealkylation sites (N-methyl/N-ethyl adjacent to an activating group) is 1. The fraction of sp³-hybridized carbons (Fsp3) is 0.462. The van der Waals surface area contributed by atoms with E-state index in [1.54, 1.807) is 4.90 Å². The Balaban J connectivity index is 2.79. The van der Waals surface area contributed by atoms with Gasteiger partial charge in [-0.25, -0.2) is 0 Å². The van der Waals surface area contributed by atoms with Gasteiger partial charge >= 0.3 is 0 Å². The van der Waals surface area contributed by atoms with Crippen LogP contribution in [0.4, 0.5) is 0 Å². The van der Waals surface area contributed by atoms with Crippen molar-refractivity contribution in [2.75, 3.05) is 13.6 Å². The molecule has 0 aromatic heterocycles. The predicted octanol–water partition coefficient (Wildman–Crippen LogP) is 2.51. The van der Waals surface area contributed by atoms with Crippen LogP contribution in [0.5, 0.6) is 0 Å². The molecule has 1 atom stereocenters.